The number of hydrogen-bond acceptors (Lipinski definition) is 2. The molecule has 4 saturated carbocycles. The largest absolute Gasteiger partial charge is 0.393 e. The summed E-state index contributed by atoms with van der Waals surface area (Å²) in [7, 11) is 0. The van der Waals surface area contributed by atoms with Gasteiger partial charge in [0.05, 0.1) is 12.2 Å². The molecular formula is C21H31NO. The van der Waals surface area contributed by atoms with Gasteiger partial charge in [0, 0.05) is 6.08 Å². The molecule has 0 aromatic rings. The Labute approximate surface area is 141 Å². The highest BCUT2D eigenvalue weighted by molar-refractivity contribution is 5.23. The number of fused-ring (bicyclic) bond motifs is 5. The lowest BCUT2D eigenvalue weighted by atomic mass is 9.45. The van der Waals surface area contributed by atoms with Gasteiger partial charge in [-0.3, -0.25) is 0 Å². The fraction of sp³-hybridized carbons (Fsp3) is 0.857. The van der Waals surface area contributed by atoms with Gasteiger partial charge in [0.1, 0.15) is 0 Å². The molecule has 0 bridgehead atoms. The smallest absolute Gasteiger partial charge is 0.0911 e. The summed E-state index contributed by atoms with van der Waals surface area (Å²) in [5.41, 5.74) is 2.32. The van der Waals surface area contributed by atoms with E-state index in [1.165, 1.54) is 44.1 Å². The van der Waals surface area contributed by atoms with Gasteiger partial charge in [-0.05, 0) is 92.3 Å². The van der Waals surface area contributed by atoms with Crippen molar-refractivity contribution in [3.05, 3.63) is 11.6 Å². The van der Waals surface area contributed by atoms with E-state index in [1.54, 1.807) is 0 Å². The Morgan fingerprint density at radius 3 is 2.74 bits per heavy atom. The van der Waals surface area contributed by atoms with E-state index >= 15 is 0 Å². The molecule has 7 atom stereocenters. The third-order valence-corrected chi connectivity index (χ3v) is 8.54. The van der Waals surface area contributed by atoms with Crippen LogP contribution >= 0.6 is 0 Å². The Morgan fingerprint density at radius 1 is 1.13 bits per heavy atom. The van der Waals surface area contributed by atoms with Crippen LogP contribution in [0.15, 0.2) is 11.6 Å². The predicted octanol–water partition coefficient (Wildman–Crippen LogP) is 4.84. The van der Waals surface area contributed by atoms with Crippen molar-refractivity contribution < 1.29 is 5.11 Å². The molecule has 4 aliphatic carbocycles. The Morgan fingerprint density at radius 2 is 1.96 bits per heavy atom. The van der Waals surface area contributed by atoms with E-state index in [0.717, 1.165) is 42.9 Å². The van der Waals surface area contributed by atoms with Gasteiger partial charge in [0.2, 0.25) is 0 Å². The normalized spacial score (nSPS) is 54.0. The number of aliphatic hydroxyl groups is 1. The first kappa shape index (κ1) is 15.7. The molecule has 0 spiro atoms. The van der Waals surface area contributed by atoms with Gasteiger partial charge in [0.15, 0.2) is 0 Å². The van der Waals surface area contributed by atoms with Crippen molar-refractivity contribution in [3.8, 4) is 6.07 Å². The van der Waals surface area contributed by atoms with Crippen LogP contribution in [-0.4, -0.2) is 11.2 Å². The summed E-state index contributed by atoms with van der Waals surface area (Å²) in [5, 5.41) is 19.2. The average Bonchev–Trinajstić information content (AvgIpc) is 2.84. The highest BCUT2D eigenvalue weighted by Gasteiger charge is 2.58. The first-order chi connectivity index (χ1) is 11.0. The first-order valence-electron chi connectivity index (χ1n) is 9.72. The number of nitrogens with zero attached hydrogens (tertiary/aromatic N) is 1. The number of allylic oxidation sites excluding steroid dienone is 2. The first-order valence-corrected chi connectivity index (χ1v) is 9.72. The van der Waals surface area contributed by atoms with E-state index in [1.807, 2.05) is 6.08 Å². The number of aliphatic hydroxyl groups excluding tert-OH is 1. The lowest BCUT2D eigenvalue weighted by Crippen LogP contribution is -2.53. The molecule has 0 aliphatic heterocycles. The molecule has 23 heavy (non-hydrogen) atoms. The summed E-state index contributed by atoms with van der Waals surface area (Å²) in [6.07, 6.45) is 12.8. The quantitative estimate of drug-likeness (QED) is 0.650. The van der Waals surface area contributed by atoms with Gasteiger partial charge in [0.25, 0.3) is 0 Å². The van der Waals surface area contributed by atoms with Crippen molar-refractivity contribution in [1.29, 1.82) is 5.26 Å². The second-order valence-corrected chi connectivity index (χ2v) is 9.59. The van der Waals surface area contributed by atoms with Crippen molar-refractivity contribution in [3.63, 3.8) is 0 Å². The Bertz CT molecular complexity index is 561. The van der Waals surface area contributed by atoms with Crippen molar-refractivity contribution in [1.82, 2.24) is 0 Å². The van der Waals surface area contributed by atoms with E-state index in [9.17, 15) is 5.11 Å². The molecular weight excluding hydrogens is 282 g/mol. The fourth-order valence-corrected chi connectivity index (χ4v) is 7.32. The van der Waals surface area contributed by atoms with Crippen molar-refractivity contribution in [2.45, 2.75) is 77.7 Å². The minimum absolute atomic E-state index is 0.0462. The highest BCUT2D eigenvalue weighted by atomic mass is 16.3. The monoisotopic (exact) mass is 313 g/mol. The molecule has 0 amide bonds. The topological polar surface area (TPSA) is 44.0 Å². The molecule has 0 saturated heterocycles. The second kappa shape index (κ2) is 5.35. The predicted molar refractivity (Wildman–Crippen MR) is 91.4 cm³/mol. The second-order valence-electron chi connectivity index (χ2n) is 9.59. The van der Waals surface area contributed by atoms with Gasteiger partial charge in [-0.25, -0.2) is 0 Å². The molecule has 126 valence electrons. The SMILES string of the molecule is C[C@@]12CC[C@@H]3[C@H](CC[C@@H]4C[C@@H](O)CC[C@]43C)[C@H]1C/C(=C/C#N)C2. The van der Waals surface area contributed by atoms with Crippen molar-refractivity contribution in [2.24, 2.45) is 34.5 Å². The molecule has 0 aromatic carbocycles. The van der Waals surface area contributed by atoms with E-state index in [-0.39, 0.29) is 6.10 Å². The number of hydrogen-bond donors (Lipinski definition) is 1. The maximum absolute atomic E-state index is 10.1. The van der Waals surface area contributed by atoms with Gasteiger partial charge >= 0.3 is 0 Å². The maximum atomic E-state index is 10.1. The van der Waals surface area contributed by atoms with Crippen LogP contribution in [-0.2, 0) is 0 Å². The molecule has 0 unspecified atom stereocenters. The molecule has 4 aliphatic rings. The highest BCUT2D eigenvalue weighted by Crippen LogP contribution is 2.66. The third-order valence-electron chi connectivity index (χ3n) is 8.54. The van der Waals surface area contributed by atoms with Gasteiger partial charge < -0.3 is 5.11 Å². The minimum atomic E-state index is -0.0462. The van der Waals surface area contributed by atoms with Crippen molar-refractivity contribution in [2.75, 3.05) is 0 Å². The number of rotatable bonds is 0. The van der Waals surface area contributed by atoms with Crippen LogP contribution in [0.5, 0.6) is 0 Å². The summed E-state index contributed by atoms with van der Waals surface area (Å²) in [5.74, 6) is 3.25. The summed E-state index contributed by atoms with van der Waals surface area (Å²) < 4.78 is 0. The zero-order valence-electron chi connectivity index (χ0n) is 14.7. The summed E-state index contributed by atoms with van der Waals surface area (Å²) in [4.78, 5) is 0. The average molecular weight is 313 g/mol. The molecule has 4 fully saturated rings. The maximum Gasteiger partial charge on any atom is 0.0911 e. The molecule has 0 radical (unpaired) electrons. The summed E-state index contributed by atoms with van der Waals surface area (Å²) in [6.45, 7) is 5.04. The molecule has 0 heterocycles. The van der Waals surface area contributed by atoms with Crippen LogP contribution in [0.2, 0.25) is 0 Å². The van der Waals surface area contributed by atoms with Crippen LogP contribution in [0.3, 0.4) is 0 Å². The van der Waals surface area contributed by atoms with Crippen LogP contribution in [0.25, 0.3) is 0 Å². The minimum Gasteiger partial charge on any atom is -0.393 e. The molecule has 1 N–H and O–H groups in total. The lowest BCUT2D eigenvalue weighted by Gasteiger charge is -2.60. The van der Waals surface area contributed by atoms with Gasteiger partial charge in [-0.15, -0.1) is 0 Å². The lowest BCUT2D eigenvalue weighted by molar-refractivity contribution is -0.120. The van der Waals surface area contributed by atoms with Crippen LogP contribution in [0.4, 0.5) is 0 Å². The van der Waals surface area contributed by atoms with Crippen LogP contribution in [0.1, 0.15) is 71.6 Å². The number of nitriles is 1. The van der Waals surface area contributed by atoms with Crippen LogP contribution in [0, 0.1) is 45.8 Å². The van der Waals surface area contributed by atoms with Crippen molar-refractivity contribution >= 4 is 0 Å². The van der Waals surface area contributed by atoms with E-state index in [4.69, 9.17) is 5.26 Å². The standard InChI is InChI=1S/C21H31NO/c1-20-8-6-18-17(19(20)11-14(13-20)7-10-22)4-3-15-12-16(23)5-9-21(15,18)2/h7,15-19,23H,3-6,8-9,11-13H2,1-2H3/b14-7-/t15-,16+,17+,18-,19-,20+,21-/m1/s1. The zero-order chi connectivity index (χ0) is 16.2. The molecule has 0 aromatic heterocycles. The van der Waals surface area contributed by atoms with Crippen LogP contribution < -0.4 is 0 Å². The van der Waals surface area contributed by atoms with E-state index in [0.29, 0.717) is 10.8 Å². The third kappa shape index (κ3) is 2.30. The molecule has 4 rings (SSSR count). The summed E-state index contributed by atoms with van der Waals surface area (Å²) in [6, 6.07) is 2.28. The van der Waals surface area contributed by atoms with Gasteiger partial charge in [-0.2, -0.15) is 5.26 Å². The Balaban J connectivity index is 1.62. The van der Waals surface area contributed by atoms with E-state index < -0.39 is 0 Å². The summed E-state index contributed by atoms with van der Waals surface area (Å²) >= 11 is 0. The fourth-order valence-electron chi connectivity index (χ4n) is 7.32. The molecule has 2 heteroatoms. The Hall–Kier alpha value is -0.810. The zero-order valence-corrected chi connectivity index (χ0v) is 14.7. The van der Waals surface area contributed by atoms with Gasteiger partial charge in [-0.1, -0.05) is 19.4 Å². The van der Waals surface area contributed by atoms with E-state index in [2.05, 4.69) is 19.9 Å². The Kier molecular flexibility index (Phi) is 3.65. The molecule has 2 nitrogen and oxygen atoms in total.